The molecule has 0 saturated heterocycles. The van der Waals surface area contributed by atoms with Gasteiger partial charge in [0.25, 0.3) is 0 Å². The summed E-state index contributed by atoms with van der Waals surface area (Å²) in [5.74, 6) is -1.28. The van der Waals surface area contributed by atoms with E-state index < -0.39 is 11.9 Å². The molecule has 2 bridgehead atoms. The molecule has 0 radical (unpaired) electrons. The highest BCUT2D eigenvalue weighted by molar-refractivity contribution is 5.77. The fourth-order valence-electron chi connectivity index (χ4n) is 2.39. The Morgan fingerprint density at radius 2 is 2.08 bits per heavy atom. The maximum Gasteiger partial charge on any atom is 0.307 e. The topological polar surface area (TPSA) is 54.4 Å². The van der Waals surface area contributed by atoms with Crippen LogP contribution in [0.3, 0.4) is 0 Å². The number of hydrogen-bond acceptors (Lipinski definition) is 2. The molecular weight excluding hydrogens is 156 g/mol. The molecule has 0 heterocycles. The first-order valence-corrected chi connectivity index (χ1v) is 4.10. The number of rotatable bonds is 2. The smallest absolute Gasteiger partial charge is 0.307 e. The molecule has 0 amide bonds. The van der Waals surface area contributed by atoms with Gasteiger partial charge in [0, 0.05) is 5.92 Å². The van der Waals surface area contributed by atoms with E-state index in [9.17, 15) is 9.59 Å². The molecule has 1 saturated carbocycles. The van der Waals surface area contributed by atoms with Gasteiger partial charge in [-0.25, -0.2) is 0 Å². The summed E-state index contributed by atoms with van der Waals surface area (Å²) >= 11 is 0. The van der Waals surface area contributed by atoms with E-state index in [1.807, 2.05) is 12.2 Å². The Kier molecular flexibility index (Phi) is 1.53. The van der Waals surface area contributed by atoms with Crippen LogP contribution in [0.4, 0.5) is 0 Å². The van der Waals surface area contributed by atoms with Crippen LogP contribution in [0.2, 0.25) is 0 Å². The molecule has 0 aromatic rings. The second-order valence-corrected chi connectivity index (χ2v) is 3.53. The largest absolute Gasteiger partial charge is 0.481 e. The van der Waals surface area contributed by atoms with E-state index in [4.69, 9.17) is 5.11 Å². The zero-order valence-corrected chi connectivity index (χ0v) is 6.51. The Morgan fingerprint density at radius 1 is 1.42 bits per heavy atom. The van der Waals surface area contributed by atoms with E-state index in [-0.39, 0.29) is 17.8 Å². The highest BCUT2D eigenvalue weighted by Gasteiger charge is 2.48. The first-order chi connectivity index (χ1) is 5.74. The van der Waals surface area contributed by atoms with Crippen molar-refractivity contribution in [1.29, 1.82) is 0 Å². The minimum Gasteiger partial charge on any atom is -0.481 e. The van der Waals surface area contributed by atoms with Gasteiger partial charge in [0.2, 0.25) is 0 Å². The van der Waals surface area contributed by atoms with Crippen molar-refractivity contribution in [2.24, 2.45) is 23.7 Å². The molecule has 1 fully saturated rings. The van der Waals surface area contributed by atoms with Gasteiger partial charge in [0.05, 0.1) is 5.92 Å². The van der Waals surface area contributed by atoms with Crippen molar-refractivity contribution < 1.29 is 14.7 Å². The average Bonchev–Trinajstić information content (AvgIpc) is 2.60. The first-order valence-electron chi connectivity index (χ1n) is 4.10. The molecule has 2 aliphatic rings. The lowest BCUT2D eigenvalue weighted by Crippen LogP contribution is -2.28. The minimum atomic E-state index is -0.830. The molecule has 0 aromatic heterocycles. The fraction of sp³-hybridized carbons (Fsp3) is 0.556. The Labute approximate surface area is 70.1 Å². The van der Waals surface area contributed by atoms with E-state index in [0.717, 1.165) is 12.7 Å². The van der Waals surface area contributed by atoms with Crippen LogP contribution in [-0.4, -0.2) is 17.4 Å². The molecule has 1 N–H and O–H groups in total. The molecule has 0 aliphatic heterocycles. The Balaban J connectivity index is 2.28. The van der Waals surface area contributed by atoms with Crippen molar-refractivity contribution in [1.82, 2.24) is 0 Å². The van der Waals surface area contributed by atoms with Crippen molar-refractivity contribution in [3.05, 3.63) is 12.2 Å². The maximum absolute atomic E-state index is 10.8. The maximum atomic E-state index is 10.8. The number of carbonyl (C=O) groups excluding carboxylic acids is 1. The predicted molar refractivity (Wildman–Crippen MR) is 41.4 cm³/mol. The lowest BCUT2D eigenvalue weighted by Gasteiger charge is -2.18. The Morgan fingerprint density at radius 3 is 2.58 bits per heavy atom. The summed E-state index contributed by atoms with van der Waals surface area (Å²) in [5.41, 5.74) is 0. The van der Waals surface area contributed by atoms with Gasteiger partial charge in [0.15, 0.2) is 0 Å². The Hall–Kier alpha value is -1.12. The number of carboxylic acids is 1. The third-order valence-corrected chi connectivity index (χ3v) is 2.96. The minimum absolute atomic E-state index is 0.0997. The van der Waals surface area contributed by atoms with Crippen molar-refractivity contribution in [3.63, 3.8) is 0 Å². The fourth-order valence-corrected chi connectivity index (χ4v) is 2.39. The summed E-state index contributed by atoms with van der Waals surface area (Å²) in [6.07, 6.45) is 5.56. The summed E-state index contributed by atoms with van der Waals surface area (Å²) in [7, 11) is 0. The number of carbonyl (C=O) groups is 2. The average molecular weight is 166 g/mol. The van der Waals surface area contributed by atoms with Gasteiger partial charge in [-0.05, 0) is 18.3 Å². The summed E-state index contributed by atoms with van der Waals surface area (Å²) in [6.45, 7) is 0. The Bertz CT molecular complexity index is 256. The van der Waals surface area contributed by atoms with E-state index in [0.29, 0.717) is 0 Å². The molecular formula is C9H10O3. The van der Waals surface area contributed by atoms with Crippen LogP contribution in [0.5, 0.6) is 0 Å². The first kappa shape index (κ1) is 7.53. The van der Waals surface area contributed by atoms with E-state index >= 15 is 0 Å². The van der Waals surface area contributed by atoms with Gasteiger partial charge in [-0.1, -0.05) is 12.2 Å². The van der Waals surface area contributed by atoms with Gasteiger partial charge in [-0.15, -0.1) is 0 Å². The van der Waals surface area contributed by atoms with Crippen LogP contribution in [0.1, 0.15) is 6.42 Å². The SMILES string of the molecule is O=C[C@H]1[C@H](C(=O)O)[C@H]2C=C[C@@H]1C2. The number of allylic oxidation sites excluding steroid dienone is 2. The number of aldehydes is 1. The highest BCUT2D eigenvalue weighted by atomic mass is 16.4. The van der Waals surface area contributed by atoms with Crippen molar-refractivity contribution in [2.75, 3.05) is 0 Å². The van der Waals surface area contributed by atoms with Crippen LogP contribution in [-0.2, 0) is 9.59 Å². The second-order valence-electron chi connectivity index (χ2n) is 3.53. The predicted octanol–water partition coefficient (Wildman–Crippen LogP) is 0.708. The summed E-state index contributed by atoms with van der Waals surface area (Å²) < 4.78 is 0. The third-order valence-electron chi connectivity index (χ3n) is 2.96. The molecule has 64 valence electrons. The zero-order valence-electron chi connectivity index (χ0n) is 6.51. The van der Waals surface area contributed by atoms with E-state index in [1.54, 1.807) is 0 Å². The number of hydrogen-bond donors (Lipinski definition) is 1. The quantitative estimate of drug-likeness (QED) is 0.485. The van der Waals surface area contributed by atoms with Crippen LogP contribution in [0, 0.1) is 23.7 Å². The molecule has 4 atom stereocenters. The number of fused-ring (bicyclic) bond motifs is 2. The van der Waals surface area contributed by atoms with Crippen LogP contribution in [0.25, 0.3) is 0 Å². The highest BCUT2D eigenvalue weighted by Crippen LogP contribution is 2.46. The molecule has 3 nitrogen and oxygen atoms in total. The molecule has 3 heteroatoms. The van der Waals surface area contributed by atoms with Crippen LogP contribution >= 0.6 is 0 Å². The van der Waals surface area contributed by atoms with Gasteiger partial charge in [-0.3, -0.25) is 4.79 Å². The standard InChI is InChI=1S/C9H10O3/c10-4-7-5-1-2-6(3-5)8(7)9(11)12/h1-2,4-8H,3H2,(H,11,12)/t5-,6+,7-,8-/m1/s1. The van der Waals surface area contributed by atoms with Crippen molar-refractivity contribution in [2.45, 2.75) is 6.42 Å². The van der Waals surface area contributed by atoms with E-state index in [1.165, 1.54) is 0 Å². The molecule has 12 heavy (non-hydrogen) atoms. The monoisotopic (exact) mass is 166 g/mol. The van der Waals surface area contributed by atoms with Gasteiger partial charge >= 0.3 is 5.97 Å². The van der Waals surface area contributed by atoms with Gasteiger partial charge in [0.1, 0.15) is 6.29 Å². The number of carboxylic acid groups (broad SMARTS) is 1. The normalized spacial score (nSPS) is 43.3. The van der Waals surface area contributed by atoms with Gasteiger partial charge in [-0.2, -0.15) is 0 Å². The van der Waals surface area contributed by atoms with Crippen molar-refractivity contribution >= 4 is 12.3 Å². The van der Waals surface area contributed by atoms with Crippen LogP contribution in [0.15, 0.2) is 12.2 Å². The van der Waals surface area contributed by atoms with Gasteiger partial charge < -0.3 is 9.90 Å². The number of aliphatic carboxylic acids is 1. The summed E-state index contributed by atoms with van der Waals surface area (Å²) in [6, 6.07) is 0. The molecule has 0 aromatic carbocycles. The summed E-state index contributed by atoms with van der Waals surface area (Å²) in [5, 5.41) is 8.84. The molecule has 0 unspecified atom stereocenters. The second kappa shape index (κ2) is 2.44. The van der Waals surface area contributed by atoms with E-state index in [2.05, 4.69) is 0 Å². The van der Waals surface area contributed by atoms with Crippen molar-refractivity contribution in [3.8, 4) is 0 Å². The molecule has 2 rings (SSSR count). The zero-order chi connectivity index (χ0) is 8.72. The lowest BCUT2D eigenvalue weighted by atomic mass is 9.84. The molecule has 0 spiro atoms. The molecule has 2 aliphatic carbocycles. The lowest BCUT2D eigenvalue weighted by molar-refractivity contribution is -0.145. The summed E-state index contributed by atoms with van der Waals surface area (Å²) in [4.78, 5) is 21.4. The third kappa shape index (κ3) is 0.823. The van der Waals surface area contributed by atoms with Crippen LogP contribution < -0.4 is 0 Å².